The fraction of sp³-hybridized carbons (Fsp3) is 0.353. The summed E-state index contributed by atoms with van der Waals surface area (Å²) in [6.07, 6.45) is 1.95. The van der Waals surface area contributed by atoms with E-state index in [2.05, 4.69) is 15.0 Å². The topological polar surface area (TPSA) is 166 Å². The Kier molecular flexibility index (Phi) is 5.33. The number of nitrogens with zero attached hydrogens (tertiary/aromatic N) is 3. The van der Waals surface area contributed by atoms with Crippen LogP contribution in [0.2, 0.25) is 0 Å². The van der Waals surface area contributed by atoms with Gasteiger partial charge in [-0.1, -0.05) is 6.07 Å². The maximum absolute atomic E-state index is 13.2. The van der Waals surface area contributed by atoms with Gasteiger partial charge < -0.3 is 19.9 Å². The molecule has 13 heteroatoms. The molecular formula is C17H19FN5O6P. The summed E-state index contributed by atoms with van der Waals surface area (Å²) in [5.41, 5.74) is 5.51. The van der Waals surface area contributed by atoms with Crippen LogP contribution in [0.5, 0.6) is 5.75 Å². The van der Waals surface area contributed by atoms with Gasteiger partial charge in [0.05, 0.1) is 12.9 Å². The van der Waals surface area contributed by atoms with Crippen molar-refractivity contribution < 1.29 is 28.0 Å². The van der Waals surface area contributed by atoms with Gasteiger partial charge in [-0.3, -0.25) is 19.2 Å². The first-order valence-electron chi connectivity index (χ1n) is 9.03. The Balaban J connectivity index is 1.51. The number of phosphoric acid groups is 1. The molecule has 1 fully saturated rings. The highest BCUT2D eigenvalue weighted by Crippen LogP contribution is 2.50. The first-order chi connectivity index (χ1) is 14.3. The first-order valence-corrected chi connectivity index (χ1v) is 10.5. The summed E-state index contributed by atoms with van der Waals surface area (Å²) in [6, 6.07) is 4.49. The third-order valence-electron chi connectivity index (χ3n) is 5.13. The zero-order chi connectivity index (χ0) is 21.5. The highest BCUT2D eigenvalue weighted by Gasteiger charge is 2.44. The number of anilines is 1. The predicted octanol–water partition coefficient (Wildman–Crippen LogP) is 1.21. The number of aromatic amines is 1. The fourth-order valence-corrected chi connectivity index (χ4v) is 4.40. The van der Waals surface area contributed by atoms with E-state index in [1.807, 2.05) is 0 Å². The Morgan fingerprint density at radius 3 is 2.97 bits per heavy atom. The molecular weight excluding hydrogens is 420 g/mol. The lowest BCUT2D eigenvalue weighted by molar-refractivity contribution is -0.00476. The average Bonchev–Trinajstić information content (AvgIpc) is 3.04. The Labute approximate surface area is 168 Å². The number of hydrogen-bond donors (Lipinski definition) is 4. The number of aliphatic hydroxyl groups is 1. The van der Waals surface area contributed by atoms with Crippen LogP contribution in [0, 0.1) is 17.7 Å². The predicted molar refractivity (Wildman–Crippen MR) is 103 cm³/mol. The number of aliphatic hydroxyl groups excluding tert-OH is 1. The van der Waals surface area contributed by atoms with E-state index < -0.39 is 19.2 Å². The summed E-state index contributed by atoms with van der Waals surface area (Å²) in [4.78, 5) is 32.5. The minimum Gasteiger partial charge on any atom is -0.404 e. The number of imidazole rings is 1. The van der Waals surface area contributed by atoms with Crippen molar-refractivity contribution in [3.8, 4) is 5.75 Å². The van der Waals surface area contributed by atoms with Crippen molar-refractivity contribution in [1.82, 2.24) is 19.5 Å². The van der Waals surface area contributed by atoms with E-state index in [9.17, 15) is 23.7 Å². The standard InChI is InChI=1S/C17H19FN5O6P/c18-10-2-1-3-11(5-10)29-30(26,27)28-7-12-9(6-24)4-13(12)23-8-20-14-15(23)21-17(19)22-16(14)25/h1-3,5,8-9,12-13,24H,4,6-7H2,(H,26,27)(H3,19,21,22,25)/t9-,12+,13-/m1/s1. The summed E-state index contributed by atoms with van der Waals surface area (Å²) in [5.74, 6) is -1.43. The second kappa shape index (κ2) is 7.80. The molecule has 5 N–H and O–H groups in total. The van der Waals surface area contributed by atoms with Crippen molar-refractivity contribution in [2.24, 2.45) is 11.8 Å². The molecule has 1 unspecified atom stereocenters. The molecule has 0 amide bonds. The lowest BCUT2D eigenvalue weighted by atomic mass is 9.70. The maximum atomic E-state index is 13.2. The van der Waals surface area contributed by atoms with Crippen molar-refractivity contribution in [2.45, 2.75) is 12.5 Å². The number of fused-ring (bicyclic) bond motifs is 1. The number of phosphoric ester groups is 1. The highest BCUT2D eigenvalue weighted by molar-refractivity contribution is 7.47. The third kappa shape index (κ3) is 3.94. The first kappa shape index (κ1) is 20.5. The zero-order valence-electron chi connectivity index (χ0n) is 15.5. The van der Waals surface area contributed by atoms with Crippen LogP contribution in [0.25, 0.3) is 11.2 Å². The SMILES string of the molecule is Nc1nc2c(ncn2[C@@H]2C[C@H](CO)[C@@H]2COP(=O)(O)Oc2cccc(F)c2)c(=O)[nH]1. The van der Waals surface area contributed by atoms with Crippen LogP contribution in [0.1, 0.15) is 12.5 Å². The molecule has 0 aliphatic heterocycles. The molecule has 4 rings (SSSR count). The lowest BCUT2D eigenvalue weighted by Gasteiger charge is -2.44. The summed E-state index contributed by atoms with van der Waals surface area (Å²) in [7, 11) is -4.54. The van der Waals surface area contributed by atoms with Crippen molar-refractivity contribution in [1.29, 1.82) is 0 Å². The molecule has 0 saturated heterocycles. The monoisotopic (exact) mass is 439 g/mol. The molecule has 1 aromatic carbocycles. The number of benzene rings is 1. The molecule has 2 aromatic heterocycles. The van der Waals surface area contributed by atoms with Gasteiger partial charge in [0.2, 0.25) is 5.95 Å². The summed E-state index contributed by atoms with van der Waals surface area (Å²) in [5, 5.41) is 9.59. The Morgan fingerprint density at radius 1 is 1.43 bits per heavy atom. The number of nitrogens with two attached hydrogens (primary N) is 1. The van der Waals surface area contributed by atoms with Crippen LogP contribution in [-0.2, 0) is 9.09 Å². The molecule has 160 valence electrons. The quantitative estimate of drug-likeness (QED) is 0.396. The maximum Gasteiger partial charge on any atom is 0.527 e. The minimum absolute atomic E-state index is 0.0663. The molecule has 11 nitrogen and oxygen atoms in total. The number of nitrogen functional groups attached to an aromatic ring is 1. The van der Waals surface area contributed by atoms with Crippen LogP contribution in [0.4, 0.5) is 10.3 Å². The highest BCUT2D eigenvalue weighted by atomic mass is 31.2. The second-order valence-electron chi connectivity index (χ2n) is 7.00. The van der Waals surface area contributed by atoms with E-state index in [0.29, 0.717) is 6.42 Å². The van der Waals surface area contributed by atoms with Crippen molar-refractivity contribution in [3.63, 3.8) is 0 Å². The van der Waals surface area contributed by atoms with Gasteiger partial charge in [-0.05, 0) is 24.5 Å². The Hall–Kier alpha value is -2.79. The fourth-order valence-electron chi connectivity index (χ4n) is 3.60. The zero-order valence-corrected chi connectivity index (χ0v) is 16.4. The smallest absolute Gasteiger partial charge is 0.404 e. The summed E-state index contributed by atoms with van der Waals surface area (Å²) in [6.45, 7) is -0.384. The number of nitrogens with one attached hydrogen (secondary N) is 1. The van der Waals surface area contributed by atoms with Gasteiger partial charge in [-0.25, -0.2) is 13.9 Å². The largest absolute Gasteiger partial charge is 0.527 e. The van der Waals surface area contributed by atoms with Crippen molar-refractivity contribution in [2.75, 3.05) is 18.9 Å². The van der Waals surface area contributed by atoms with Crippen molar-refractivity contribution >= 4 is 24.9 Å². The third-order valence-corrected chi connectivity index (χ3v) is 6.05. The molecule has 1 saturated carbocycles. The van der Waals surface area contributed by atoms with Crippen LogP contribution < -0.4 is 15.8 Å². The van der Waals surface area contributed by atoms with Crippen LogP contribution in [-0.4, -0.2) is 42.7 Å². The lowest BCUT2D eigenvalue weighted by Crippen LogP contribution is -2.43. The number of hydrogen-bond acceptors (Lipinski definition) is 8. The van der Waals surface area contributed by atoms with Crippen molar-refractivity contribution in [3.05, 3.63) is 46.8 Å². The normalized spacial score (nSPS) is 23.1. The molecule has 1 aliphatic rings. The molecule has 4 atom stereocenters. The van der Waals surface area contributed by atoms with Gasteiger partial charge in [-0.2, -0.15) is 4.98 Å². The van der Waals surface area contributed by atoms with E-state index in [1.165, 1.54) is 24.5 Å². The van der Waals surface area contributed by atoms with Gasteiger partial charge in [0.25, 0.3) is 5.56 Å². The van der Waals surface area contributed by atoms with Crippen LogP contribution in [0.15, 0.2) is 35.4 Å². The number of aromatic nitrogens is 4. The van der Waals surface area contributed by atoms with Crippen LogP contribution >= 0.6 is 7.82 Å². The van der Waals surface area contributed by atoms with E-state index in [0.717, 1.165) is 6.07 Å². The second-order valence-corrected chi connectivity index (χ2v) is 8.38. The molecule has 2 heterocycles. The van der Waals surface area contributed by atoms with Gasteiger partial charge in [0, 0.05) is 24.6 Å². The van der Waals surface area contributed by atoms with Gasteiger partial charge in [-0.15, -0.1) is 0 Å². The summed E-state index contributed by atoms with van der Waals surface area (Å²) >= 11 is 0. The van der Waals surface area contributed by atoms with Gasteiger partial charge in [0.1, 0.15) is 11.6 Å². The van der Waals surface area contributed by atoms with E-state index in [1.54, 1.807) is 4.57 Å². The Morgan fingerprint density at radius 2 is 2.23 bits per heavy atom. The van der Waals surface area contributed by atoms with E-state index >= 15 is 0 Å². The van der Waals surface area contributed by atoms with E-state index in [-0.39, 0.29) is 54.0 Å². The molecule has 0 bridgehead atoms. The minimum atomic E-state index is -4.54. The molecule has 0 radical (unpaired) electrons. The summed E-state index contributed by atoms with van der Waals surface area (Å²) < 4.78 is 37.1. The number of halogens is 1. The van der Waals surface area contributed by atoms with E-state index in [4.69, 9.17) is 14.8 Å². The molecule has 3 aromatic rings. The van der Waals surface area contributed by atoms with Gasteiger partial charge >= 0.3 is 7.82 Å². The average molecular weight is 439 g/mol. The Bertz CT molecular complexity index is 1180. The van der Waals surface area contributed by atoms with Gasteiger partial charge in [0.15, 0.2) is 11.2 Å². The molecule has 0 spiro atoms. The number of rotatable bonds is 7. The van der Waals surface area contributed by atoms with Crippen LogP contribution in [0.3, 0.4) is 0 Å². The molecule has 1 aliphatic carbocycles. The number of H-pyrrole nitrogens is 1. The molecule has 30 heavy (non-hydrogen) atoms.